The van der Waals surface area contributed by atoms with Crippen molar-refractivity contribution in [2.24, 2.45) is 0 Å². The van der Waals surface area contributed by atoms with Gasteiger partial charge in [-0.15, -0.1) is 0 Å². The van der Waals surface area contributed by atoms with Gasteiger partial charge in [0.05, 0.1) is 6.20 Å². The first-order valence-electron chi connectivity index (χ1n) is 5.57. The number of halogens is 4. The number of nitrogens with zero attached hydrogens (tertiary/aromatic N) is 2. The van der Waals surface area contributed by atoms with E-state index in [9.17, 15) is 17.6 Å². The van der Waals surface area contributed by atoms with E-state index in [4.69, 9.17) is 9.90 Å². The maximum atomic E-state index is 12.7. The summed E-state index contributed by atoms with van der Waals surface area (Å²) in [6.45, 7) is 2.01. The summed E-state index contributed by atoms with van der Waals surface area (Å²) in [6.07, 6.45) is -2.70. The maximum absolute atomic E-state index is 12.7. The van der Waals surface area contributed by atoms with Gasteiger partial charge in [0.25, 0.3) is 0 Å². The first-order chi connectivity index (χ1) is 9.21. The molecule has 1 aromatic heterocycles. The Balaban J connectivity index is 0.000000246. The van der Waals surface area contributed by atoms with E-state index in [0.717, 1.165) is 36.0 Å². The van der Waals surface area contributed by atoms with Gasteiger partial charge in [-0.2, -0.15) is 17.6 Å². The summed E-state index contributed by atoms with van der Waals surface area (Å²) in [7, 11) is 1.97. The molecule has 10 heteroatoms. The fourth-order valence-electron chi connectivity index (χ4n) is 1.54. The predicted molar refractivity (Wildman–Crippen MR) is 65.4 cm³/mol. The van der Waals surface area contributed by atoms with Crippen LogP contribution in [0.4, 0.5) is 22.7 Å². The van der Waals surface area contributed by atoms with Crippen LogP contribution in [0.25, 0.3) is 0 Å². The van der Waals surface area contributed by atoms with Crippen molar-refractivity contribution in [2.75, 3.05) is 25.0 Å². The average Bonchev–Trinajstić information content (AvgIpc) is 2.98. The molecular weight excluding hydrogens is 302 g/mol. The summed E-state index contributed by atoms with van der Waals surface area (Å²) in [4.78, 5) is 14.9. The van der Waals surface area contributed by atoms with E-state index < -0.39 is 12.1 Å². The molecule has 2 heterocycles. The van der Waals surface area contributed by atoms with Crippen LogP contribution < -0.4 is 10.2 Å². The highest BCUT2D eigenvalue weighted by Crippen LogP contribution is 2.23. The van der Waals surface area contributed by atoms with Gasteiger partial charge in [0.15, 0.2) is 10.3 Å². The third-order valence-corrected chi connectivity index (χ3v) is 3.47. The lowest BCUT2D eigenvalue weighted by molar-refractivity contribution is -0.192. The standard InChI is InChI=1S/C8H12FN3S.C2HF3O2/c1-12(6-2-3-10-4-6)8-11-5-7(9)13-8;3-2(4,5)1(6)7/h5-6,10H,2-4H2,1H3;(H,6,7). The Morgan fingerprint density at radius 2 is 2.20 bits per heavy atom. The third kappa shape index (κ3) is 4.93. The van der Waals surface area contributed by atoms with Crippen LogP contribution in [0.1, 0.15) is 6.42 Å². The highest BCUT2D eigenvalue weighted by Gasteiger charge is 2.38. The quantitative estimate of drug-likeness (QED) is 0.814. The SMILES string of the molecule is CN(c1ncc(F)s1)C1CCNC1.O=C(O)C(F)(F)F. The summed E-state index contributed by atoms with van der Waals surface area (Å²) in [6, 6.07) is 0.463. The monoisotopic (exact) mass is 315 g/mol. The second kappa shape index (κ2) is 6.84. The summed E-state index contributed by atoms with van der Waals surface area (Å²) >= 11 is 1.10. The van der Waals surface area contributed by atoms with E-state index in [1.165, 1.54) is 6.20 Å². The number of rotatable bonds is 2. The highest BCUT2D eigenvalue weighted by molar-refractivity contribution is 7.14. The molecule has 0 aromatic carbocycles. The molecule has 1 unspecified atom stereocenters. The number of carboxylic acid groups (broad SMARTS) is 1. The van der Waals surface area contributed by atoms with Gasteiger partial charge in [0.1, 0.15) is 0 Å². The number of likely N-dealkylation sites (N-methyl/N-ethyl adjacent to an activating group) is 1. The minimum atomic E-state index is -5.08. The number of aromatic nitrogens is 1. The van der Waals surface area contributed by atoms with Crippen molar-refractivity contribution in [1.82, 2.24) is 10.3 Å². The summed E-state index contributed by atoms with van der Waals surface area (Å²) in [5.74, 6) is -2.76. The molecule has 114 valence electrons. The Labute approximate surface area is 116 Å². The predicted octanol–water partition coefficient (Wildman–Crippen LogP) is 1.71. The largest absolute Gasteiger partial charge is 0.490 e. The summed E-state index contributed by atoms with van der Waals surface area (Å²) in [5, 5.41) is 11.0. The van der Waals surface area contributed by atoms with Crippen LogP contribution in [0.15, 0.2) is 6.20 Å². The number of hydrogen-bond donors (Lipinski definition) is 2. The zero-order valence-electron chi connectivity index (χ0n) is 10.4. The van der Waals surface area contributed by atoms with Crippen molar-refractivity contribution in [3.63, 3.8) is 0 Å². The number of hydrogen-bond acceptors (Lipinski definition) is 5. The van der Waals surface area contributed by atoms with Crippen LogP contribution in [0, 0.1) is 5.13 Å². The average molecular weight is 315 g/mol. The normalized spacial score (nSPS) is 18.4. The molecule has 0 aliphatic carbocycles. The molecule has 0 radical (unpaired) electrons. The first kappa shape index (κ1) is 16.6. The number of carbonyl (C=O) groups is 1. The van der Waals surface area contributed by atoms with E-state index in [1.54, 1.807) is 0 Å². The van der Waals surface area contributed by atoms with Gasteiger partial charge < -0.3 is 15.3 Å². The van der Waals surface area contributed by atoms with Gasteiger partial charge in [-0.25, -0.2) is 9.78 Å². The van der Waals surface area contributed by atoms with Crippen molar-refractivity contribution in [2.45, 2.75) is 18.6 Å². The topological polar surface area (TPSA) is 65.5 Å². The molecule has 0 amide bonds. The van der Waals surface area contributed by atoms with Crippen LogP contribution in [0.2, 0.25) is 0 Å². The molecule has 0 spiro atoms. The Morgan fingerprint density at radius 1 is 1.60 bits per heavy atom. The molecule has 1 fully saturated rings. The van der Waals surface area contributed by atoms with Gasteiger partial charge in [0, 0.05) is 19.6 Å². The van der Waals surface area contributed by atoms with Crippen LogP contribution >= 0.6 is 11.3 Å². The molecule has 1 atom stereocenters. The molecule has 1 aliphatic rings. The molecule has 20 heavy (non-hydrogen) atoms. The number of nitrogens with one attached hydrogen (secondary N) is 1. The first-order valence-corrected chi connectivity index (χ1v) is 6.38. The lowest BCUT2D eigenvalue weighted by Gasteiger charge is -2.22. The van der Waals surface area contributed by atoms with Gasteiger partial charge in [-0.05, 0) is 13.0 Å². The minimum absolute atomic E-state index is 0.215. The Morgan fingerprint density at radius 3 is 2.55 bits per heavy atom. The Bertz CT molecular complexity index is 446. The number of alkyl halides is 3. The van der Waals surface area contributed by atoms with Crippen molar-refractivity contribution in [3.05, 3.63) is 11.3 Å². The van der Waals surface area contributed by atoms with Crippen LogP contribution in [0.5, 0.6) is 0 Å². The smallest absolute Gasteiger partial charge is 0.475 e. The van der Waals surface area contributed by atoms with Crippen molar-refractivity contribution in [1.29, 1.82) is 0 Å². The lowest BCUT2D eigenvalue weighted by atomic mass is 10.2. The van der Waals surface area contributed by atoms with Crippen molar-refractivity contribution in [3.8, 4) is 0 Å². The second-order valence-electron chi connectivity index (χ2n) is 4.01. The highest BCUT2D eigenvalue weighted by atomic mass is 32.1. The number of aliphatic carboxylic acids is 1. The molecule has 1 aliphatic heterocycles. The van der Waals surface area contributed by atoms with Gasteiger partial charge in [0.2, 0.25) is 0 Å². The lowest BCUT2D eigenvalue weighted by Crippen LogP contribution is -2.33. The molecule has 0 bridgehead atoms. The zero-order chi connectivity index (χ0) is 15.3. The number of thiazole rings is 1. The van der Waals surface area contributed by atoms with Gasteiger partial charge in [-0.3, -0.25) is 0 Å². The summed E-state index contributed by atoms with van der Waals surface area (Å²) in [5.41, 5.74) is 0. The molecular formula is C10H13F4N3O2S. The molecule has 0 saturated carbocycles. The van der Waals surface area contributed by atoms with Gasteiger partial charge in [-0.1, -0.05) is 11.3 Å². The third-order valence-electron chi connectivity index (χ3n) is 2.59. The molecule has 1 saturated heterocycles. The molecule has 1 aromatic rings. The van der Waals surface area contributed by atoms with Crippen LogP contribution in [-0.2, 0) is 4.79 Å². The van der Waals surface area contributed by atoms with Crippen molar-refractivity contribution >= 4 is 22.4 Å². The fraction of sp³-hybridized carbons (Fsp3) is 0.600. The molecule has 2 N–H and O–H groups in total. The summed E-state index contributed by atoms with van der Waals surface area (Å²) < 4.78 is 44.4. The Kier molecular flexibility index (Phi) is 5.69. The van der Waals surface area contributed by atoms with E-state index in [0.29, 0.717) is 6.04 Å². The van der Waals surface area contributed by atoms with E-state index in [2.05, 4.69) is 10.3 Å². The number of carboxylic acids is 1. The van der Waals surface area contributed by atoms with E-state index in [1.807, 2.05) is 11.9 Å². The van der Waals surface area contributed by atoms with E-state index in [-0.39, 0.29) is 5.13 Å². The molecule has 5 nitrogen and oxygen atoms in total. The minimum Gasteiger partial charge on any atom is -0.475 e. The fourth-order valence-corrected chi connectivity index (χ4v) is 2.21. The van der Waals surface area contributed by atoms with Gasteiger partial charge >= 0.3 is 12.1 Å². The molecule has 2 rings (SSSR count). The second-order valence-corrected chi connectivity index (χ2v) is 4.97. The zero-order valence-corrected chi connectivity index (χ0v) is 11.3. The number of anilines is 1. The maximum Gasteiger partial charge on any atom is 0.490 e. The Hall–Kier alpha value is -1.42. The van der Waals surface area contributed by atoms with Crippen LogP contribution in [-0.4, -0.2) is 48.4 Å². The van der Waals surface area contributed by atoms with E-state index >= 15 is 0 Å². The van der Waals surface area contributed by atoms with Crippen molar-refractivity contribution < 1.29 is 27.5 Å². The van der Waals surface area contributed by atoms with Crippen LogP contribution in [0.3, 0.4) is 0 Å².